The van der Waals surface area contributed by atoms with Gasteiger partial charge in [-0.1, -0.05) is 5.16 Å². The Kier molecular flexibility index (Phi) is 4.62. The Balaban J connectivity index is 1.78. The molecule has 0 radical (unpaired) electrons. The van der Waals surface area contributed by atoms with Crippen LogP contribution in [0.25, 0.3) is 11.4 Å². The number of benzene rings is 1. The average molecular weight is 360 g/mol. The van der Waals surface area contributed by atoms with E-state index in [1.807, 2.05) is 20.8 Å². The van der Waals surface area contributed by atoms with Crippen LogP contribution in [0.1, 0.15) is 45.5 Å². The van der Waals surface area contributed by atoms with Crippen LogP contribution in [0.3, 0.4) is 0 Å². The van der Waals surface area contributed by atoms with E-state index < -0.39 is 16.6 Å². The number of nitro benzene ring substituents is 1. The predicted octanol–water partition coefficient (Wildman–Crippen LogP) is 3.72. The first kappa shape index (κ1) is 17.8. The molecule has 3 rings (SSSR count). The number of nitro groups is 1. The van der Waals surface area contributed by atoms with E-state index in [0.29, 0.717) is 30.2 Å². The van der Waals surface area contributed by atoms with Crippen LogP contribution < -0.4 is 0 Å². The summed E-state index contributed by atoms with van der Waals surface area (Å²) in [5.74, 6) is 0.660. The van der Waals surface area contributed by atoms with Gasteiger partial charge >= 0.3 is 6.09 Å². The lowest BCUT2D eigenvalue weighted by atomic mass is 10.2. The van der Waals surface area contributed by atoms with E-state index in [-0.39, 0.29) is 11.7 Å². The molecule has 9 nitrogen and oxygen atoms in total. The molecule has 1 amide bonds. The van der Waals surface area contributed by atoms with Crippen molar-refractivity contribution in [3.8, 4) is 11.4 Å². The van der Waals surface area contributed by atoms with Gasteiger partial charge in [-0.05, 0) is 45.7 Å². The summed E-state index contributed by atoms with van der Waals surface area (Å²) >= 11 is 0. The number of non-ortho nitro benzene ring substituents is 1. The second kappa shape index (κ2) is 6.74. The van der Waals surface area contributed by atoms with E-state index in [0.717, 1.165) is 6.42 Å². The zero-order valence-electron chi connectivity index (χ0n) is 14.8. The van der Waals surface area contributed by atoms with Gasteiger partial charge in [-0.25, -0.2) is 4.79 Å². The van der Waals surface area contributed by atoms with Crippen molar-refractivity contribution < 1.29 is 19.0 Å². The van der Waals surface area contributed by atoms with E-state index in [1.165, 1.54) is 12.1 Å². The Morgan fingerprint density at radius 3 is 2.65 bits per heavy atom. The fraction of sp³-hybridized carbons (Fsp3) is 0.471. The van der Waals surface area contributed by atoms with Crippen molar-refractivity contribution in [1.29, 1.82) is 0 Å². The third-order valence-electron chi connectivity index (χ3n) is 3.94. The van der Waals surface area contributed by atoms with Gasteiger partial charge in [0.15, 0.2) is 0 Å². The number of hydrogen-bond donors (Lipinski definition) is 0. The summed E-state index contributed by atoms with van der Waals surface area (Å²) in [5.41, 5.74) is 0.0139. The van der Waals surface area contributed by atoms with Crippen molar-refractivity contribution in [3.05, 3.63) is 40.3 Å². The second-order valence-electron chi connectivity index (χ2n) is 7.09. The Morgan fingerprint density at radius 2 is 2.04 bits per heavy atom. The van der Waals surface area contributed by atoms with Gasteiger partial charge in [0, 0.05) is 24.2 Å². The fourth-order valence-electron chi connectivity index (χ4n) is 2.78. The second-order valence-corrected chi connectivity index (χ2v) is 7.09. The molecular formula is C17H20N4O5. The maximum Gasteiger partial charge on any atom is 0.410 e. The lowest BCUT2D eigenvalue weighted by molar-refractivity contribution is -0.384. The highest BCUT2D eigenvalue weighted by atomic mass is 16.6. The van der Waals surface area contributed by atoms with Crippen LogP contribution in [-0.4, -0.2) is 38.2 Å². The number of amides is 1. The first-order valence-electron chi connectivity index (χ1n) is 8.32. The zero-order valence-corrected chi connectivity index (χ0v) is 14.8. The molecular weight excluding hydrogens is 340 g/mol. The molecule has 138 valence electrons. The van der Waals surface area contributed by atoms with Crippen LogP contribution in [0.2, 0.25) is 0 Å². The smallest absolute Gasteiger partial charge is 0.410 e. The van der Waals surface area contributed by atoms with Crippen molar-refractivity contribution >= 4 is 11.8 Å². The van der Waals surface area contributed by atoms with Gasteiger partial charge in [-0.2, -0.15) is 4.98 Å². The quantitative estimate of drug-likeness (QED) is 0.605. The number of hydrogen-bond acceptors (Lipinski definition) is 7. The molecule has 1 atom stereocenters. The minimum absolute atomic E-state index is 0.00985. The maximum absolute atomic E-state index is 12.4. The number of nitrogens with zero attached hydrogens (tertiary/aromatic N) is 4. The van der Waals surface area contributed by atoms with Crippen molar-refractivity contribution in [1.82, 2.24) is 15.0 Å². The SMILES string of the molecule is CC(C)(C)OC(=O)N1CCC[C@H]1c1nc(-c2ccc([N+](=O)[O-])cc2)no1. The topological polar surface area (TPSA) is 112 Å². The summed E-state index contributed by atoms with van der Waals surface area (Å²) in [4.78, 5) is 28.6. The summed E-state index contributed by atoms with van der Waals surface area (Å²) in [6.07, 6.45) is 1.12. The fourth-order valence-corrected chi connectivity index (χ4v) is 2.78. The van der Waals surface area contributed by atoms with Gasteiger partial charge in [-0.3, -0.25) is 15.0 Å². The Hall–Kier alpha value is -2.97. The standard InChI is InChI=1S/C17H20N4O5/c1-17(2,3)25-16(22)20-10-4-5-13(20)15-18-14(19-26-15)11-6-8-12(9-7-11)21(23)24/h6-9,13H,4-5,10H2,1-3H3/t13-/m0/s1. The Bertz CT molecular complexity index is 809. The molecule has 2 aromatic rings. The monoisotopic (exact) mass is 360 g/mol. The molecule has 26 heavy (non-hydrogen) atoms. The van der Waals surface area contributed by atoms with E-state index in [2.05, 4.69) is 10.1 Å². The highest BCUT2D eigenvalue weighted by Crippen LogP contribution is 2.33. The lowest BCUT2D eigenvalue weighted by Gasteiger charge is -2.26. The summed E-state index contributed by atoms with van der Waals surface area (Å²) in [6, 6.07) is 5.56. The van der Waals surface area contributed by atoms with E-state index in [9.17, 15) is 14.9 Å². The van der Waals surface area contributed by atoms with Crippen LogP contribution in [0.5, 0.6) is 0 Å². The molecule has 0 bridgehead atoms. The van der Waals surface area contributed by atoms with Crippen LogP contribution in [0.4, 0.5) is 10.5 Å². The van der Waals surface area contributed by atoms with Crippen molar-refractivity contribution in [2.24, 2.45) is 0 Å². The average Bonchev–Trinajstić information content (AvgIpc) is 3.22. The first-order chi connectivity index (χ1) is 12.2. The van der Waals surface area contributed by atoms with E-state index in [4.69, 9.17) is 9.26 Å². The zero-order chi connectivity index (χ0) is 18.9. The maximum atomic E-state index is 12.4. The highest BCUT2D eigenvalue weighted by Gasteiger charge is 2.36. The minimum atomic E-state index is -0.580. The molecule has 1 aromatic carbocycles. The highest BCUT2D eigenvalue weighted by molar-refractivity contribution is 5.69. The summed E-state index contributed by atoms with van der Waals surface area (Å²) in [7, 11) is 0. The van der Waals surface area contributed by atoms with Gasteiger partial charge in [0.05, 0.1) is 4.92 Å². The molecule has 0 aliphatic carbocycles. The molecule has 9 heteroatoms. The third kappa shape index (κ3) is 3.81. The van der Waals surface area contributed by atoms with Crippen LogP contribution in [0, 0.1) is 10.1 Å². The van der Waals surface area contributed by atoms with E-state index in [1.54, 1.807) is 17.0 Å². The Morgan fingerprint density at radius 1 is 1.35 bits per heavy atom. The molecule has 1 aliphatic rings. The van der Waals surface area contributed by atoms with Gasteiger partial charge in [0.2, 0.25) is 11.7 Å². The molecule has 0 N–H and O–H groups in total. The van der Waals surface area contributed by atoms with Gasteiger partial charge in [-0.15, -0.1) is 0 Å². The summed E-state index contributed by atoms with van der Waals surface area (Å²) in [5, 5.41) is 14.7. The number of aromatic nitrogens is 2. The predicted molar refractivity (Wildman–Crippen MR) is 91.3 cm³/mol. The van der Waals surface area contributed by atoms with Gasteiger partial charge in [0.25, 0.3) is 5.69 Å². The lowest BCUT2D eigenvalue weighted by Crippen LogP contribution is -2.36. The van der Waals surface area contributed by atoms with Crippen molar-refractivity contribution in [2.45, 2.75) is 45.3 Å². The minimum Gasteiger partial charge on any atom is -0.444 e. The largest absolute Gasteiger partial charge is 0.444 e. The summed E-state index contributed by atoms with van der Waals surface area (Å²) < 4.78 is 10.8. The number of carbonyl (C=O) groups excluding carboxylic acids is 1. The van der Waals surface area contributed by atoms with Crippen molar-refractivity contribution in [2.75, 3.05) is 6.54 Å². The van der Waals surface area contributed by atoms with Crippen LogP contribution >= 0.6 is 0 Å². The molecule has 1 saturated heterocycles. The first-order valence-corrected chi connectivity index (χ1v) is 8.32. The normalized spacial score (nSPS) is 17.3. The number of rotatable bonds is 3. The molecule has 0 saturated carbocycles. The molecule has 2 heterocycles. The molecule has 0 unspecified atom stereocenters. The number of carbonyl (C=O) groups is 1. The van der Waals surface area contributed by atoms with Crippen molar-refractivity contribution in [3.63, 3.8) is 0 Å². The van der Waals surface area contributed by atoms with E-state index >= 15 is 0 Å². The van der Waals surface area contributed by atoms with Crippen LogP contribution in [0.15, 0.2) is 28.8 Å². The molecule has 1 aromatic heterocycles. The Labute approximate surface area is 150 Å². The van der Waals surface area contributed by atoms with Gasteiger partial charge < -0.3 is 9.26 Å². The number of likely N-dealkylation sites (tertiary alicyclic amines) is 1. The summed E-state index contributed by atoms with van der Waals surface area (Å²) in [6.45, 7) is 6.01. The molecule has 1 fully saturated rings. The van der Waals surface area contributed by atoms with Crippen LogP contribution in [-0.2, 0) is 4.74 Å². The molecule has 1 aliphatic heterocycles. The third-order valence-corrected chi connectivity index (χ3v) is 3.94. The molecule has 0 spiro atoms. The number of ether oxygens (including phenoxy) is 1. The van der Waals surface area contributed by atoms with Gasteiger partial charge in [0.1, 0.15) is 11.6 Å².